The smallest absolute Gasteiger partial charge is 0.308 e. The standard InChI is InChI=1S/C19H37NO3.C4H6O4.C2H6/c1-10-18(6,7)13-19(8,9)12-15(21)20-14(2)11-16(22)23-17(3,4)5;1-4(6)8-3-7-2-5;1-2/h14H,10-13H2,1-9H3,(H,20,21);2H,3H2,1H3;1-2H3. The lowest BCUT2D eigenvalue weighted by molar-refractivity contribution is -0.158. The fourth-order valence-electron chi connectivity index (χ4n) is 3.07. The van der Waals surface area contributed by atoms with Gasteiger partial charge in [-0.05, 0) is 44.9 Å². The van der Waals surface area contributed by atoms with Crippen molar-refractivity contribution in [2.75, 3.05) is 6.79 Å². The second-order valence-corrected chi connectivity index (χ2v) is 10.3. The lowest BCUT2D eigenvalue weighted by Gasteiger charge is -2.34. The number of rotatable bonds is 11. The van der Waals surface area contributed by atoms with E-state index in [4.69, 9.17) is 4.74 Å². The first-order valence-electron chi connectivity index (χ1n) is 11.6. The van der Waals surface area contributed by atoms with Gasteiger partial charge in [-0.15, -0.1) is 0 Å². The van der Waals surface area contributed by atoms with Gasteiger partial charge in [0.05, 0.1) is 6.42 Å². The molecule has 8 heteroatoms. The van der Waals surface area contributed by atoms with Crippen molar-refractivity contribution >= 4 is 24.3 Å². The van der Waals surface area contributed by atoms with Gasteiger partial charge in [0.2, 0.25) is 12.7 Å². The van der Waals surface area contributed by atoms with Crippen LogP contribution in [0.5, 0.6) is 0 Å². The Kier molecular flexibility index (Phi) is 18.7. The largest absolute Gasteiger partial charge is 0.460 e. The quantitative estimate of drug-likeness (QED) is 0.190. The van der Waals surface area contributed by atoms with Gasteiger partial charge in [-0.2, -0.15) is 0 Å². The molecule has 0 aromatic rings. The van der Waals surface area contributed by atoms with Gasteiger partial charge in [-0.1, -0.05) is 54.9 Å². The monoisotopic (exact) mass is 475 g/mol. The Morgan fingerprint density at radius 3 is 1.88 bits per heavy atom. The van der Waals surface area contributed by atoms with Crippen molar-refractivity contribution in [3.8, 4) is 0 Å². The van der Waals surface area contributed by atoms with Crippen LogP contribution >= 0.6 is 0 Å². The fraction of sp³-hybridized carbons (Fsp3) is 0.840. The van der Waals surface area contributed by atoms with Gasteiger partial charge >= 0.3 is 11.9 Å². The number of hydrogen-bond donors (Lipinski definition) is 1. The lowest BCUT2D eigenvalue weighted by atomic mass is 9.72. The van der Waals surface area contributed by atoms with Gasteiger partial charge < -0.3 is 19.5 Å². The highest BCUT2D eigenvalue weighted by Crippen LogP contribution is 2.38. The zero-order valence-corrected chi connectivity index (χ0v) is 23.0. The fourth-order valence-corrected chi connectivity index (χ4v) is 3.07. The van der Waals surface area contributed by atoms with Gasteiger partial charge in [-0.3, -0.25) is 19.2 Å². The van der Waals surface area contributed by atoms with E-state index < -0.39 is 11.6 Å². The molecule has 8 nitrogen and oxygen atoms in total. The van der Waals surface area contributed by atoms with Crippen molar-refractivity contribution in [1.29, 1.82) is 0 Å². The molecule has 0 fully saturated rings. The van der Waals surface area contributed by atoms with Crippen LogP contribution < -0.4 is 5.32 Å². The van der Waals surface area contributed by atoms with Crippen molar-refractivity contribution in [2.24, 2.45) is 10.8 Å². The third kappa shape index (κ3) is 26.0. The summed E-state index contributed by atoms with van der Waals surface area (Å²) >= 11 is 0. The van der Waals surface area contributed by atoms with Crippen molar-refractivity contribution in [2.45, 2.75) is 120 Å². The Bertz CT molecular complexity index is 578. The topological polar surface area (TPSA) is 108 Å². The molecular weight excluding hydrogens is 426 g/mol. The van der Waals surface area contributed by atoms with E-state index in [2.05, 4.69) is 49.4 Å². The predicted octanol–water partition coefficient (Wildman–Crippen LogP) is 5.17. The Morgan fingerprint density at radius 2 is 1.48 bits per heavy atom. The molecule has 1 atom stereocenters. The first kappa shape index (κ1) is 35.5. The predicted molar refractivity (Wildman–Crippen MR) is 130 cm³/mol. The molecule has 0 aromatic carbocycles. The van der Waals surface area contributed by atoms with Crippen molar-refractivity contribution in [3.63, 3.8) is 0 Å². The number of carbonyl (C=O) groups excluding carboxylic acids is 4. The van der Waals surface area contributed by atoms with E-state index in [1.165, 1.54) is 6.92 Å². The van der Waals surface area contributed by atoms with Gasteiger partial charge in [-0.25, -0.2) is 0 Å². The van der Waals surface area contributed by atoms with Crippen LogP contribution in [0.25, 0.3) is 0 Å². The molecule has 0 aliphatic rings. The molecule has 0 saturated carbocycles. The molecule has 196 valence electrons. The van der Waals surface area contributed by atoms with Crippen LogP contribution in [0, 0.1) is 10.8 Å². The minimum absolute atomic E-state index is 0.00189. The summed E-state index contributed by atoms with van der Waals surface area (Å²) < 4.78 is 13.5. The van der Waals surface area contributed by atoms with E-state index in [-0.39, 0.29) is 48.4 Å². The van der Waals surface area contributed by atoms with Crippen LogP contribution in [-0.4, -0.2) is 42.8 Å². The number of amides is 1. The lowest BCUT2D eigenvalue weighted by Crippen LogP contribution is -2.38. The molecule has 0 aromatic heterocycles. The van der Waals surface area contributed by atoms with Crippen LogP contribution in [0.4, 0.5) is 0 Å². The van der Waals surface area contributed by atoms with Crippen LogP contribution in [0.15, 0.2) is 0 Å². The van der Waals surface area contributed by atoms with E-state index in [9.17, 15) is 19.2 Å². The molecule has 0 radical (unpaired) electrons. The van der Waals surface area contributed by atoms with E-state index in [1.54, 1.807) is 0 Å². The Hall–Kier alpha value is -2.12. The van der Waals surface area contributed by atoms with Crippen LogP contribution in [0.3, 0.4) is 0 Å². The maximum Gasteiger partial charge on any atom is 0.308 e. The Balaban J connectivity index is -0.000000754. The highest BCUT2D eigenvalue weighted by molar-refractivity contribution is 5.78. The number of hydrogen-bond acceptors (Lipinski definition) is 7. The summed E-state index contributed by atoms with van der Waals surface area (Å²) in [6, 6.07) is -0.215. The molecule has 1 unspecified atom stereocenters. The van der Waals surface area contributed by atoms with Crippen LogP contribution in [0.2, 0.25) is 0 Å². The molecular formula is C25H49NO7. The van der Waals surface area contributed by atoms with Gasteiger partial charge in [0.1, 0.15) is 5.60 Å². The number of esters is 2. The highest BCUT2D eigenvalue weighted by Gasteiger charge is 2.30. The molecule has 0 rings (SSSR count). The maximum atomic E-state index is 12.2. The van der Waals surface area contributed by atoms with Crippen molar-refractivity contribution in [1.82, 2.24) is 5.32 Å². The van der Waals surface area contributed by atoms with Crippen LogP contribution in [-0.2, 0) is 33.4 Å². The molecule has 1 amide bonds. The first-order chi connectivity index (χ1) is 14.9. The normalized spacial score (nSPS) is 12.0. The highest BCUT2D eigenvalue weighted by atomic mass is 16.7. The van der Waals surface area contributed by atoms with Gasteiger partial charge in [0.25, 0.3) is 6.47 Å². The second-order valence-electron chi connectivity index (χ2n) is 10.3. The van der Waals surface area contributed by atoms with Gasteiger partial charge in [0.15, 0.2) is 0 Å². The molecule has 0 aliphatic heterocycles. The van der Waals surface area contributed by atoms with E-state index in [0.717, 1.165) is 12.8 Å². The molecule has 0 spiro atoms. The van der Waals surface area contributed by atoms with Crippen molar-refractivity contribution in [3.05, 3.63) is 0 Å². The minimum atomic E-state index is -0.492. The van der Waals surface area contributed by atoms with E-state index in [1.807, 2.05) is 41.5 Å². The Morgan fingerprint density at radius 1 is 0.970 bits per heavy atom. The summed E-state index contributed by atoms with van der Waals surface area (Å²) in [5, 5.41) is 2.92. The van der Waals surface area contributed by atoms with Crippen molar-refractivity contribution < 1.29 is 33.4 Å². The second kappa shape index (κ2) is 17.4. The molecule has 0 saturated heterocycles. The number of carbonyl (C=O) groups is 4. The summed E-state index contributed by atoms with van der Waals surface area (Å²) in [7, 11) is 0. The van der Waals surface area contributed by atoms with Crippen LogP contribution in [0.1, 0.15) is 109 Å². The molecule has 0 heterocycles. The minimum Gasteiger partial charge on any atom is -0.460 e. The summed E-state index contributed by atoms with van der Waals surface area (Å²) in [5.74, 6) is -0.749. The molecule has 33 heavy (non-hydrogen) atoms. The average Bonchev–Trinajstić information content (AvgIpc) is 2.60. The summed E-state index contributed by atoms with van der Waals surface area (Å²) in [6.45, 7) is 23.4. The Labute approximate surface area is 201 Å². The van der Waals surface area contributed by atoms with E-state index in [0.29, 0.717) is 6.42 Å². The average molecular weight is 476 g/mol. The number of ether oxygens (including phenoxy) is 3. The summed E-state index contributed by atoms with van der Waals surface area (Å²) in [4.78, 5) is 43.3. The molecule has 0 aliphatic carbocycles. The zero-order valence-electron chi connectivity index (χ0n) is 23.0. The SMILES string of the molecule is CC.CC(=O)OCOC=O.CCC(C)(C)CC(C)(C)CC(=O)NC(C)CC(=O)OC(C)(C)C. The summed E-state index contributed by atoms with van der Waals surface area (Å²) in [6.07, 6.45) is 2.75. The summed E-state index contributed by atoms with van der Waals surface area (Å²) in [5.41, 5.74) is -0.324. The van der Waals surface area contributed by atoms with Gasteiger partial charge in [0, 0.05) is 19.4 Å². The zero-order chi connectivity index (χ0) is 26.9. The molecule has 0 bridgehead atoms. The molecule has 1 N–H and O–H groups in total. The third-order valence-electron chi connectivity index (χ3n) is 4.25. The number of nitrogens with one attached hydrogen (secondary N) is 1. The third-order valence-corrected chi connectivity index (χ3v) is 4.25. The first-order valence-corrected chi connectivity index (χ1v) is 11.6. The van der Waals surface area contributed by atoms with E-state index >= 15 is 0 Å². The maximum absolute atomic E-state index is 12.2.